The molecule has 52 heavy (non-hydrogen) atoms. The molecule has 0 unspecified atom stereocenters. The molecule has 0 atom stereocenters. The van der Waals surface area contributed by atoms with Crippen molar-refractivity contribution in [3.63, 3.8) is 0 Å². The summed E-state index contributed by atoms with van der Waals surface area (Å²) in [5, 5.41) is 0. The Morgan fingerprint density at radius 3 is 1.04 bits per heavy atom. The van der Waals surface area contributed by atoms with Crippen LogP contribution in [0, 0.1) is 5.41 Å². The van der Waals surface area contributed by atoms with Gasteiger partial charge in [0.15, 0.2) is 0 Å². The second-order valence-electron chi connectivity index (χ2n) is 13.1. The van der Waals surface area contributed by atoms with Gasteiger partial charge in [-0.05, 0) is 138 Å². The van der Waals surface area contributed by atoms with Crippen molar-refractivity contribution in [1.29, 1.82) is 0 Å². The molecule has 0 aliphatic heterocycles. The zero-order valence-corrected chi connectivity index (χ0v) is 42.3. The first-order valence-corrected chi connectivity index (χ1v) is 34.6. The van der Waals surface area contributed by atoms with E-state index in [1.54, 1.807) is 0 Å². The minimum atomic E-state index is -2.46. The van der Waals surface area contributed by atoms with E-state index in [4.69, 9.17) is 26.6 Å². The van der Waals surface area contributed by atoms with Gasteiger partial charge < -0.3 is 26.6 Å². The molecule has 16 heteroatoms. The lowest BCUT2D eigenvalue weighted by molar-refractivity contribution is 0.0698. The molecule has 0 aromatic rings. The van der Waals surface area contributed by atoms with E-state index in [0.29, 0.717) is 45.1 Å². The number of hydrogen-bond acceptors (Lipinski definition) is 14. The molecule has 0 bridgehead atoms. The van der Waals surface area contributed by atoms with Gasteiger partial charge in [-0.2, -0.15) is 0 Å². The molecule has 1 aliphatic carbocycles. The van der Waals surface area contributed by atoms with Crippen molar-refractivity contribution in [2.75, 3.05) is 62.7 Å². The van der Waals surface area contributed by atoms with Gasteiger partial charge in [0.25, 0.3) is 0 Å². The van der Waals surface area contributed by atoms with E-state index < -0.39 is 17.6 Å². The standard InChI is InChI=1S/C36H76O6S8Si2/c1-7-37-51(38-8-2,39-9-3)34-24-17-13-15-22-30-43-47-49-45-32-28-36(26-20-19-21-27-36)29-33-46-50-48-44-31-23-16-14-18-25-35-52(40-10-4,41-11-5)42-12-6/h7-35H2,1-6H3. The average molecular weight is 918 g/mol. The lowest BCUT2D eigenvalue weighted by atomic mass is 9.70. The highest BCUT2D eigenvalue weighted by molar-refractivity contribution is 9.26. The third-order valence-electron chi connectivity index (χ3n) is 9.20. The molecule has 0 aromatic carbocycles. The highest BCUT2D eigenvalue weighted by Crippen LogP contribution is 2.50. The largest absolute Gasteiger partial charge is 0.500 e. The van der Waals surface area contributed by atoms with Crippen LogP contribution in [0.25, 0.3) is 0 Å². The van der Waals surface area contributed by atoms with E-state index in [2.05, 4.69) is 21.6 Å². The van der Waals surface area contributed by atoms with Crippen molar-refractivity contribution < 1.29 is 26.6 Å². The smallest absolute Gasteiger partial charge is 0.374 e. The van der Waals surface area contributed by atoms with Gasteiger partial charge in [-0.3, -0.25) is 0 Å². The van der Waals surface area contributed by atoms with Gasteiger partial charge in [-0.25, -0.2) is 0 Å². The summed E-state index contributed by atoms with van der Waals surface area (Å²) in [4.78, 5) is 0. The maximum absolute atomic E-state index is 5.99. The van der Waals surface area contributed by atoms with Gasteiger partial charge in [-0.1, -0.05) is 101 Å². The van der Waals surface area contributed by atoms with E-state index in [0.717, 1.165) is 24.9 Å². The Morgan fingerprint density at radius 2 is 0.692 bits per heavy atom. The Balaban J connectivity index is 2.05. The summed E-state index contributed by atoms with van der Waals surface area (Å²) >= 11 is 0. The third-order valence-corrected chi connectivity index (χ3v) is 28.6. The molecule has 1 aliphatic rings. The summed E-state index contributed by atoms with van der Waals surface area (Å²) in [5.41, 5.74) is 0.598. The van der Waals surface area contributed by atoms with Crippen molar-refractivity contribution >= 4 is 100 Å². The molecule has 1 saturated carbocycles. The van der Waals surface area contributed by atoms with Crippen LogP contribution >= 0.6 is 82.5 Å². The molecule has 312 valence electrons. The normalized spacial score (nSPS) is 15.1. The Hall–Kier alpha value is 2.99. The van der Waals surface area contributed by atoms with Gasteiger partial charge in [0.1, 0.15) is 0 Å². The van der Waals surface area contributed by atoms with Crippen LogP contribution < -0.4 is 0 Å². The second-order valence-corrected chi connectivity index (χ2v) is 31.1. The molecule has 0 aromatic heterocycles. The van der Waals surface area contributed by atoms with E-state index >= 15 is 0 Å². The zero-order valence-electron chi connectivity index (χ0n) is 33.7. The first-order valence-electron chi connectivity index (χ1n) is 20.5. The molecule has 0 saturated heterocycles. The fourth-order valence-corrected chi connectivity index (χ4v) is 24.8. The van der Waals surface area contributed by atoms with E-state index in [-0.39, 0.29) is 0 Å². The first kappa shape index (κ1) is 53.0. The molecule has 6 nitrogen and oxygen atoms in total. The SMILES string of the molecule is CCO[Si](CCCCCCCSSSSCCC1(CCSSSSCCCCCCC[Si](OCC)(OCC)OCC)CCCCC1)(OCC)OCC. The van der Waals surface area contributed by atoms with E-state index in [9.17, 15) is 0 Å². The fraction of sp³-hybridized carbons (Fsp3) is 1.00. The summed E-state index contributed by atoms with van der Waals surface area (Å²) in [7, 11) is 11.4. The first-order chi connectivity index (χ1) is 25.5. The molecular formula is C36H76O6S8Si2. The third kappa shape index (κ3) is 26.9. The van der Waals surface area contributed by atoms with E-state index in [1.807, 2.05) is 102 Å². The molecule has 1 rings (SSSR count). The summed E-state index contributed by atoms with van der Waals surface area (Å²) in [6.07, 6.45) is 22.6. The molecule has 0 heterocycles. The van der Waals surface area contributed by atoms with Crippen LogP contribution in [-0.4, -0.2) is 80.3 Å². The predicted molar refractivity (Wildman–Crippen MR) is 252 cm³/mol. The summed E-state index contributed by atoms with van der Waals surface area (Å²) in [6.45, 7) is 16.2. The van der Waals surface area contributed by atoms with Crippen molar-refractivity contribution in [3.05, 3.63) is 0 Å². The predicted octanol–water partition coefficient (Wildman–Crippen LogP) is 15.1. The Labute approximate surface area is 354 Å². The molecule has 0 N–H and O–H groups in total. The van der Waals surface area contributed by atoms with Gasteiger partial charge in [0, 0.05) is 74.7 Å². The maximum atomic E-state index is 5.99. The maximum Gasteiger partial charge on any atom is 0.500 e. The van der Waals surface area contributed by atoms with Crippen molar-refractivity contribution in [3.8, 4) is 0 Å². The van der Waals surface area contributed by atoms with Crippen molar-refractivity contribution in [2.24, 2.45) is 5.41 Å². The van der Waals surface area contributed by atoms with Crippen LogP contribution in [0.2, 0.25) is 12.1 Å². The van der Waals surface area contributed by atoms with Crippen LogP contribution in [-0.2, 0) is 26.6 Å². The second kappa shape index (κ2) is 37.0. The van der Waals surface area contributed by atoms with E-state index in [1.165, 1.54) is 119 Å². The quantitative estimate of drug-likeness (QED) is 0.0333. The van der Waals surface area contributed by atoms with Crippen molar-refractivity contribution in [1.82, 2.24) is 0 Å². The molecule has 1 fully saturated rings. The number of unbranched alkanes of at least 4 members (excludes halogenated alkanes) is 8. The average Bonchev–Trinajstić information content (AvgIpc) is 3.13. The Kier molecular flexibility index (Phi) is 37.7. The van der Waals surface area contributed by atoms with Crippen LogP contribution in [0.15, 0.2) is 0 Å². The van der Waals surface area contributed by atoms with Crippen LogP contribution in [0.3, 0.4) is 0 Å². The molecular weight excluding hydrogens is 841 g/mol. The highest BCUT2D eigenvalue weighted by atomic mass is 33.7. The Morgan fingerprint density at radius 1 is 0.385 bits per heavy atom. The summed E-state index contributed by atoms with van der Waals surface area (Å²) < 4.78 is 36.0. The minimum absolute atomic E-state index is 0.598. The molecule has 0 amide bonds. The van der Waals surface area contributed by atoms with Crippen LogP contribution in [0.1, 0.15) is 151 Å². The minimum Gasteiger partial charge on any atom is -0.374 e. The summed E-state index contributed by atoms with van der Waals surface area (Å²) in [6, 6.07) is 1.90. The number of hydrogen-bond donors (Lipinski definition) is 0. The van der Waals surface area contributed by atoms with Crippen molar-refractivity contribution in [2.45, 2.75) is 163 Å². The Bertz CT molecular complexity index is 692. The van der Waals surface area contributed by atoms with Gasteiger partial charge >= 0.3 is 17.6 Å². The molecule has 0 spiro atoms. The number of rotatable bonds is 40. The van der Waals surface area contributed by atoms with Gasteiger partial charge in [-0.15, -0.1) is 0 Å². The fourth-order valence-electron chi connectivity index (χ4n) is 6.73. The van der Waals surface area contributed by atoms with Gasteiger partial charge in [0.2, 0.25) is 0 Å². The lowest BCUT2D eigenvalue weighted by Gasteiger charge is -2.37. The highest BCUT2D eigenvalue weighted by Gasteiger charge is 2.40. The van der Waals surface area contributed by atoms with Crippen LogP contribution in [0.5, 0.6) is 0 Å². The van der Waals surface area contributed by atoms with Crippen LogP contribution in [0.4, 0.5) is 0 Å². The topological polar surface area (TPSA) is 55.4 Å². The summed E-state index contributed by atoms with van der Waals surface area (Å²) in [5.74, 6) is 5.10. The monoisotopic (exact) mass is 916 g/mol. The lowest BCUT2D eigenvalue weighted by Crippen LogP contribution is -2.45. The zero-order chi connectivity index (χ0) is 37.9. The molecule has 0 radical (unpaired) electrons. The van der Waals surface area contributed by atoms with Gasteiger partial charge in [0.05, 0.1) is 0 Å².